The number of benzene rings is 1. The molecule has 0 unspecified atom stereocenters. The van der Waals surface area contributed by atoms with E-state index in [0.717, 1.165) is 24.3 Å². The molecule has 1 aliphatic heterocycles. The normalized spacial score (nSPS) is 13.7. The number of nitrogens with zero attached hydrogens (tertiary/aromatic N) is 1. The summed E-state index contributed by atoms with van der Waals surface area (Å²) in [5.41, 5.74) is 2.96. The molecule has 0 fully saturated rings. The van der Waals surface area contributed by atoms with Crippen LogP contribution in [-0.4, -0.2) is 26.5 Å². The molecule has 1 aliphatic rings. The molecule has 0 spiro atoms. The van der Waals surface area contributed by atoms with E-state index in [1.54, 1.807) is 18.3 Å². The monoisotopic (exact) mass is 303 g/mol. The fourth-order valence-corrected chi connectivity index (χ4v) is 3.44. The van der Waals surface area contributed by atoms with Crippen molar-refractivity contribution in [3.05, 3.63) is 53.9 Å². The number of fused-ring (bicyclic) bond motifs is 1. The lowest BCUT2D eigenvalue weighted by Gasteiger charge is -2.08. The van der Waals surface area contributed by atoms with Crippen molar-refractivity contribution in [1.82, 2.24) is 9.71 Å². The number of aromatic nitrogens is 1. The molecular weight excluding hydrogens is 286 g/mol. The zero-order valence-electron chi connectivity index (χ0n) is 11.5. The number of rotatable bonds is 5. The van der Waals surface area contributed by atoms with Crippen LogP contribution in [0.5, 0.6) is 0 Å². The van der Waals surface area contributed by atoms with Gasteiger partial charge < -0.3 is 5.32 Å². The Morgan fingerprint density at radius 1 is 1.24 bits per heavy atom. The van der Waals surface area contributed by atoms with Crippen molar-refractivity contribution in [2.24, 2.45) is 0 Å². The van der Waals surface area contributed by atoms with Crippen LogP contribution in [0.4, 0.5) is 5.69 Å². The average molecular weight is 303 g/mol. The molecule has 0 radical (unpaired) electrons. The fraction of sp³-hybridized carbons (Fsp3) is 0.267. The molecule has 1 aromatic carbocycles. The van der Waals surface area contributed by atoms with Crippen molar-refractivity contribution in [3.8, 4) is 0 Å². The predicted molar refractivity (Wildman–Crippen MR) is 81.8 cm³/mol. The molecule has 0 aliphatic carbocycles. The first-order valence-corrected chi connectivity index (χ1v) is 8.40. The Hall–Kier alpha value is -1.92. The van der Waals surface area contributed by atoms with E-state index in [2.05, 4.69) is 15.0 Å². The molecule has 5 nitrogen and oxygen atoms in total. The highest BCUT2D eigenvalue weighted by atomic mass is 32.2. The number of hydrogen-bond donors (Lipinski definition) is 2. The largest absolute Gasteiger partial charge is 0.384 e. The number of anilines is 1. The molecule has 21 heavy (non-hydrogen) atoms. The first kappa shape index (κ1) is 14.0. The van der Waals surface area contributed by atoms with Crippen LogP contribution in [0.25, 0.3) is 0 Å². The Labute approximate surface area is 124 Å². The van der Waals surface area contributed by atoms with Gasteiger partial charge in [0.15, 0.2) is 0 Å². The summed E-state index contributed by atoms with van der Waals surface area (Å²) in [6.07, 6.45) is 3.22. The Morgan fingerprint density at radius 3 is 2.95 bits per heavy atom. The first-order chi connectivity index (χ1) is 10.1. The SMILES string of the molecule is O=S(=O)(NCCc1ccccn1)c1ccc2c(c1)NCC2. The third-order valence-electron chi connectivity index (χ3n) is 3.50. The first-order valence-electron chi connectivity index (χ1n) is 6.91. The van der Waals surface area contributed by atoms with Gasteiger partial charge in [0.1, 0.15) is 0 Å². The number of hydrogen-bond acceptors (Lipinski definition) is 4. The van der Waals surface area contributed by atoms with E-state index in [1.165, 1.54) is 5.56 Å². The number of nitrogens with one attached hydrogen (secondary N) is 2. The molecule has 0 saturated carbocycles. The average Bonchev–Trinajstić information content (AvgIpc) is 2.95. The summed E-state index contributed by atoms with van der Waals surface area (Å²) in [5.74, 6) is 0. The molecule has 0 atom stereocenters. The standard InChI is InChI=1S/C15H17N3O2S/c19-21(20,18-10-7-13-3-1-2-8-16-13)14-5-4-12-6-9-17-15(12)11-14/h1-5,8,11,17-18H,6-7,9-10H2. The summed E-state index contributed by atoms with van der Waals surface area (Å²) in [7, 11) is -3.47. The molecule has 110 valence electrons. The predicted octanol–water partition coefficient (Wildman–Crippen LogP) is 1.57. The van der Waals surface area contributed by atoms with Crippen molar-refractivity contribution < 1.29 is 8.42 Å². The lowest BCUT2D eigenvalue weighted by atomic mass is 10.2. The minimum atomic E-state index is -3.47. The quantitative estimate of drug-likeness (QED) is 0.879. The van der Waals surface area contributed by atoms with Crippen molar-refractivity contribution in [1.29, 1.82) is 0 Å². The Kier molecular flexibility index (Phi) is 3.90. The number of sulfonamides is 1. The zero-order chi connectivity index (χ0) is 14.7. The van der Waals surface area contributed by atoms with Gasteiger partial charge in [-0.05, 0) is 36.2 Å². The van der Waals surface area contributed by atoms with Crippen LogP contribution in [0.2, 0.25) is 0 Å². The number of pyridine rings is 1. The second-order valence-corrected chi connectivity index (χ2v) is 6.73. The van der Waals surface area contributed by atoms with Crippen LogP contribution >= 0.6 is 0 Å². The van der Waals surface area contributed by atoms with Crippen LogP contribution in [0.1, 0.15) is 11.3 Å². The fourth-order valence-electron chi connectivity index (χ4n) is 2.38. The summed E-state index contributed by atoms with van der Waals surface area (Å²) in [6.45, 7) is 1.20. The molecule has 6 heteroatoms. The molecule has 0 amide bonds. The lowest BCUT2D eigenvalue weighted by molar-refractivity contribution is 0.581. The van der Waals surface area contributed by atoms with Gasteiger partial charge in [-0.3, -0.25) is 4.98 Å². The van der Waals surface area contributed by atoms with Crippen molar-refractivity contribution in [2.45, 2.75) is 17.7 Å². The molecule has 2 aromatic rings. The maximum atomic E-state index is 12.3. The van der Waals surface area contributed by atoms with Gasteiger partial charge in [0, 0.05) is 37.1 Å². The topological polar surface area (TPSA) is 71.1 Å². The van der Waals surface area contributed by atoms with Crippen LogP contribution in [0.15, 0.2) is 47.5 Å². The van der Waals surface area contributed by atoms with Crippen molar-refractivity contribution >= 4 is 15.7 Å². The molecule has 1 aromatic heterocycles. The van der Waals surface area contributed by atoms with E-state index in [0.29, 0.717) is 17.9 Å². The summed E-state index contributed by atoms with van der Waals surface area (Å²) in [5, 5.41) is 3.19. The van der Waals surface area contributed by atoms with Gasteiger partial charge in [0.25, 0.3) is 0 Å². The van der Waals surface area contributed by atoms with Gasteiger partial charge in [0.05, 0.1) is 4.90 Å². The van der Waals surface area contributed by atoms with Gasteiger partial charge in [-0.25, -0.2) is 13.1 Å². The molecule has 2 heterocycles. The molecule has 2 N–H and O–H groups in total. The highest BCUT2D eigenvalue weighted by Crippen LogP contribution is 2.25. The van der Waals surface area contributed by atoms with Crippen LogP contribution in [0, 0.1) is 0 Å². The smallest absolute Gasteiger partial charge is 0.240 e. The zero-order valence-corrected chi connectivity index (χ0v) is 12.4. The molecular formula is C15H17N3O2S. The van der Waals surface area contributed by atoms with Crippen molar-refractivity contribution in [2.75, 3.05) is 18.4 Å². The highest BCUT2D eigenvalue weighted by Gasteiger charge is 2.17. The van der Waals surface area contributed by atoms with Crippen LogP contribution < -0.4 is 10.0 Å². The van der Waals surface area contributed by atoms with Gasteiger partial charge in [-0.2, -0.15) is 0 Å². The second-order valence-electron chi connectivity index (χ2n) is 4.96. The second kappa shape index (κ2) is 5.83. The lowest BCUT2D eigenvalue weighted by Crippen LogP contribution is -2.26. The Morgan fingerprint density at radius 2 is 2.14 bits per heavy atom. The molecule has 0 saturated heterocycles. The Bertz CT molecular complexity index is 730. The van der Waals surface area contributed by atoms with Crippen LogP contribution in [0.3, 0.4) is 0 Å². The summed E-state index contributed by atoms with van der Waals surface area (Å²) < 4.78 is 27.1. The maximum absolute atomic E-state index is 12.3. The van der Waals surface area contributed by atoms with E-state index >= 15 is 0 Å². The summed E-state index contributed by atoms with van der Waals surface area (Å²) >= 11 is 0. The summed E-state index contributed by atoms with van der Waals surface area (Å²) in [6, 6.07) is 10.9. The minimum absolute atomic E-state index is 0.302. The van der Waals surface area contributed by atoms with E-state index in [1.807, 2.05) is 24.3 Å². The minimum Gasteiger partial charge on any atom is -0.384 e. The maximum Gasteiger partial charge on any atom is 0.240 e. The Balaban J connectivity index is 1.67. The summed E-state index contributed by atoms with van der Waals surface area (Å²) in [4.78, 5) is 4.48. The third-order valence-corrected chi connectivity index (χ3v) is 4.96. The molecule has 0 bridgehead atoms. The van der Waals surface area contributed by atoms with Crippen molar-refractivity contribution in [3.63, 3.8) is 0 Å². The van der Waals surface area contributed by atoms with Gasteiger partial charge in [0.2, 0.25) is 10.0 Å². The van der Waals surface area contributed by atoms with Gasteiger partial charge in [-0.15, -0.1) is 0 Å². The van der Waals surface area contributed by atoms with Gasteiger partial charge >= 0.3 is 0 Å². The van der Waals surface area contributed by atoms with Gasteiger partial charge in [-0.1, -0.05) is 12.1 Å². The van der Waals surface area contributed by atoms with E-state index in [-0.39, 0.29) is 0 Å². The van der Waals surface area contributed by atoms with E-state index in [4.69, 9.17) is 0 Å². The third kappa shape index (κ3) is 3.22. The molecule has 3 rings (SSSR count). The van der Waals surface area contributed by atoms with Crippen LogP contribution in [-0.2, 0) is 22.9 Å². The van der Waals surface area contributed by atoms with E-state index < -0.39 is 10.0 Å². The highest BCUT2D eigenvalue weighted by molar-refractivity contribution is 7.89. The van der Waals surface area contributed by atoms with E-state index in [9.17, 15) is 8.42 Å².